The number of aromatic amines is 1. The predicted octanol–water partition coefficient (Wildman–Crippen LogP) is 1.35. The Kier molecular flexibility index (Phi) is 3.45. The van der Waals surface area contributed by atoms with Gasteiger partial charge in [-0.3, -0.25) is 0 Å². The fourth-order valence-corrected chi connectivity index (χ4v) is 4.34. The normalized spacial score (nSPS) is 19.3. The van der Waals surface area contributed by atoms with E-state index in [0.29, 0.717) is 6.42 Å². The molecule has 5 rings (SSSR count). The zero-order valence-electron chi connectivity index (χ0n) is 14.5. The highest BCUT2D eigenvalue weighted by Gasteiger charge is 2.36. The van der Waals surface area contributed by atoms with Crippen molar-refractivity contribution in [2.75, 3.05) is 0 Å². The quantitative estimate of drug-likeness (QED) is 0.505. The van der Waals surface area contributed by atoms with Crippen LogP contribution in [0.4, 0.5) is 0 Å². The second-order valence-corrected chi connectivity index (χ2v) is 7.08. The molecule has 1 aromatic heterocycles. The molecule has 0 amide bonds. The lowest BCUT2D eigenvalue weighted by atomic mass is 9.87. The van der Waals surface area contributed by atoms with Crippen molar-refractivity contribution in [1.29, 1.82) is 0 Å². The lowest BCUT2D eigenvalue weighted by Gasteiger charge is -2.29. The number of aromatic nitrogens is 1. The van der Waals surface area contributed by atoms with E-state index in [9.17, 15) is 15.0 Å². The van der Waals surface area contributed by atoms with Gasteiger partial charge in [-0.2, -0.15) is 0 Å². The van der Waals surface area contributed by atoms with Gasteiger partial charge in [0.05, 0.1) is 17.2 Å². The first-order valence-electron chi connectivity index (χ1n) is 8.99. The number of carboxylic acid groups (broad SMARTS) is 1. The summed E-state index contributed by atoms with van der Waals surface area (Å²) in [7, 11) is 0. The minimum absolute atomic E-state index is 0.165. The number of rotatable bonds is 2. The number of phenols is 1. The lowest BCUT2D eigenvalue weighted by molar-refractivity contribution is -0.717. The zero-order chi connectivity index (χ0) is 18.5. The minimum Gasteiger partial charge on any atom is -0.544 e. The molecule has 0 bridgehead atoms. The molecule has 134 valence electrons. The summed E-state index contributed by atoms with van der Waals surface area (Å²) in [6, 6.07) is 18.2. The Bertz CT molecular complexity index is 1190. The van der Waals surface area contributed by atoms with Gasteiger partial charge in [0.25, 0.3) is 0 Å². The number of aromatic hydroxyl groups is 1. The van der Waals surface area contributed by atoms with Gasteiger partial charge in [-0.15, -0.1) is 0 Å². The molecule has 0 fully saturated rings. The number of fused-ring (bicyclic) bond motifs is 4. The van der Waals surface area contributed by atoms with Crippen molar-refractivity contribution in [2.24, 2.45) is 0 Å². The predicted molar refractivity (Wildman–Crippen MR) is 100 cm³/mol. The van der Waals surface area contributed by atoms with Crippen LogP contribution in [-0.2, 0) is 11.2 Å². The number of quaternary nitrogens is 1. The first kappa shape index (κ1) is 15.9. The van der Waals surface area contributed by atoms with Gasteiger partial charge in [-0.25, -0.2) is 0 Å². The number of benzene rings is 3. The van der Waals surface area contributed by atoms with Crippen LogP contribution in [-0.4, -0.2) is 22.1 Å². The number of hydrogen-bond acceptors (Lipinski definition) is 3. The Balaban J connectivity index is 1.80. The highest BCUT2D eigenvalue weighted by atomic mass is 16.4. The largest absolute Gasteiger partial charge is 0.544 e. The van der Waals surface area contributed by atoms with Crippen LogP contribution in [0.2, 0.25) is 0 Å². The fourth-order valence-electron chi connectivity index (χ4n) is 4.34. The Morgan fingerprint density at radius 2 is 1.78 bits per heavy atom. The molecular formula is C22H18N2O3. The number of carbonyl (C=O) groups is 1. The summed E-state index contributed by atoms with van der Waals surface area (Å²) in [5.41, 5.74) is 3.63. The van der Waals surface area contributed by atoms with E-state index < -0.39 is 12.0 Å². The van der Waals surface area contributed by atoms with Gasteiger partial charge in [-0.05, 0) is 28.5 Å². The molecule has 5 heteroatoms. The van der Waals surface area contributed by atoms with Crippen molar-refractivity contribution < 1.29 is 20.3 Å². The number of carboxylic acids is 1. The van der Waals surface area contributed by atoms with E-state index in [0.717, 1.165) is 38.5 Å². The SMILES string of the molecule is O=C([O-])[C@@H]1Cc2c([nH]c3ccccc23)[C@@H](c2c(O)ccc3ccccc23)[NH2+]1. The zero-order valence-corrected chi connectivity index (χ0v) is 14.5. The average Bonchev–Trinajstić information content (AvgIpc) is 3.06. The highest BCUT2D eigenvalue weighted by Crippen LogP contribution is 2.38. The van der Waals surface area contributed by atoms with Crippen LogP contribution in [0.5, 0.6) is 5.75 Å². The second kappa shape index (κ2) is 5.86. The topological polar surface area (TPSA) is 92.8 Å². The summed E-state index contributed by atoms with van der Waals surface area (Å²) in [6.45, 7) is 0. The van der Waals surface area contributed by atoms with Gasteiger partial charge < -0.3 is 25.3 Å². The first-order chi connectivity index (χ1) is 13.1. The molecule has 4 N–H and O–H groups in total. The maximum atomic E-state index is 11.7. The summed E-state index contributed by atoms with van der Waals surface area (Å²) in [6.07, 6.45) is 0.393. The Morgan fingerprint density at radius 1 is 1.04 bits per heavy atom. The summed E-state index contributed by atoms with van der Waals surface area (Å²) >= 11 is 0. The molecule has 5 nitrogen and oxygen atoms in total. The van der Waals surface area contributed by atoms with Gasteiger partial charge in [0.15, 0.2) is 6.04 Å². The average molecular weight is 358 g/mol. The van der Waals surface area contributed by atoms with Crippen molar-refractivity contribution in [3.8, 4) is 5.75 Å². The van der Waals surface area contributed by atoms with Crippen molar-refractivity contribution in [3.05, 3.63) is 77.5 Å². The summed E-state index contributed by atoms with van der Waals surface area (Å²) in [4.78, 5) is 15.2. The number of nitrogens with two attached hydrogens (primary N) is 1. The van der Waals surface area contributed by atoms with E-state index in [1.165, 1.54) is 0 Å². The van der Waals surface area contributed by atoms with E-state index in [-0.39, 0.29) is 11.8 Å². The van der Waals surface area contributed by atoms with Gasteiger partial charge >= 0.3 is 0 Å². The molecule has 2 atom stereocenters. The molecule has 2 heterocycles. The number of hydrogen-bond donors (Lipinski definition) is 3. The maximum Gasteiger partial charge on any atom is 0.157 e. The minimum atomic E-state index is -1.09. The molecule has 0 aliphatic carbocycles. The van der Waals surface area contributed by atoms with Crippen LogP contribution in [0.3, 0.4) is 0 Å². The standard InChI is InChI=1S/C22H18N2O3/c25-18-10-9-12-5-1-2-6-13(12)19(18)21-20-15(11-17(24-21)22(26)27)14-7-3-4-8-16(14)23-20/h1-10,17,21,23-25H,11H2,(H,26,27)/t17-,21+/m0/s1. The van der Waals surface area contributed by atoms with Gasteiger partial charge in [0, 0.05) is 17.3 Å². The number of carbonyl (C=O) groups excluding carboxylic acids is 1. The molecule has 0 spiro atoms. The van der Waals surface area contributed by atoms with E-state index in [4.69, 9.17) is 0 Å². The molecule has 0 saturated heterocycles. The van der Waals surface area contributed by atoms with Crippen molar-refractivity contribution in [2.45, 2.75) is 18.5 Å². The molecule has 0 radical (unpaired) electrons. The molecule has 4 aromatic rings. The van der Waals surface area contributed by atoms with Gasteiger partial charge in [0.2, 0.25) is 0 Å². The van der Waals surface area contributed by atoms with E-state index in [1.807, 2.05) is 54.6 Å². The van der Waals surface area contributed by atoms with Crippen LogP contribution in [0.15, 0.2) is 60.7 Å². The van der Waals surface area contributed by atoms with Crippen molar-refractivity contribution in [1.82, 2.24) is 4.98 Å². The summed E-state index contributed by atoms with van der Waals surface area (Å²) in [5.74, 6) is -0.922. The molecular weight excluding hydrogens is 340 g/mol. The third kappa shape index (κ3) is 2.39. The van der Waals surface area contributed by atoms with Crippen LogP contribution < -0.4 is 10.4 Å². The van der Waals surface area contributed by atoms with Crippen LogP contribution >= 0.6 is 0 Å². The number of aliphatic carboxylic acids is 1. The van der Waals surface area contributed by atoms with Gasteiger partial charge in [0.1, 0.15) is 11.8 Å². The van der Waals surface area contributed by atoms with Gasteiger partial charge in [-0.1, -0.05) is 48.5 Å². The maximum absolute atomic E-state index is 11.7. The van der Waals surface area contributed by atoms with Crippen molar-refractivity contribution in [3.63, 3.8) is 0 Å². The monoisotopic (exact) mass is 358 g/mol. The third-order valence-electron chi connectivity index (χ3n) is 5.57. The molecule has 0 saturated carbocycles. The molecule has 0 unspecified atom stereocenters. The number of H-pyrrole nitrogens is 1. The van der Waals surface area contributed by atoms with Crippen LogP contribution in [0, 0.1) is 0 Å². The van der Waals surface area contributed by atoms with Crippen molar-refractivity contribution >= 4 is 27.6 Å². The summed E-state index contributed by atoms with van der Waals surface area (Å²) < 4.78 is 0. The Hall–Kier alpha value is -3.31. The third-order valence-corrected chi connectivity index (χ3v) is 5.57. The number of nitrogens with one attached hydrogen (secondary N) is 1. The van der Waals surface area contributed by atoms with E-state index in [1.54, 1.807) is 11.4 Å². The second-order valence-electron chi connectivity index (χ2n) is 7.08. The number of phenolic OH excluding ortho intramolecular Hbond substituents is 1. The molecule has 27 heavy (non-hydrogen) atoms. The van der Waals surface area contributed by atoms with Crippen LogP contribution in [0.25, 0.3) is 21.7 Å². The summed E-state index contributed by atoms with van der Waals surface area (Å²) in [5, 5.41) is 27.2. The van der Waals surface area contributed by atoms with E-state index in [2.05, 4.69) is 4.98 Å². The number of para-hydroxylation sites is 1. The fraction of sp³-hybridized carbons (Fsp3) is 0.136. The lowest BCUT2D eigenvalue weighted by Crippen LogP contribution is -2.95. The first-order valence-corrected chi connectivity index (χ1v) is 8.99. The molecule has 3 aromatic carbocycles. The van der Waals surface area contributed by atoms with Crippen LogP contribution in [0.1, 0.15) is 22.9 Å². The Morgan fingerprint density at radius 3 is 2.59 bits per heavy atom. The van der Waals surface area contributed by atoms with E-state index >= 15 is 0 Å². The molecule has 1 aliphatic rings. The Labute approximate surface area is 155 Å². The highest BCUT2D eigenvalue weighted by molar-refractivity contribution is 5.90. The smallest absolute Gasteiger partial charge is 0.157 e. The molecule has 1 aliphatic heterocycles.